The largest absolute Gasteiger partial charge is 0.481 e. The molecule has 0 radical (unpaired) electrons. The molecule has 1 saturated heterocycles. The van der Waals surface area contributed by atoms with Gasteiger partial charge in [0.05, 0.1) is 5.92 Å². The number of carboxylic acids is 2. The molecule has 0 bridgehead atoms. The van der Waals surface area contributed by atoms with Crippen LogP contribution in [0.25, 0.3) is 0 Å². The molecule has 0 spiro atoms. The van der Waals surface area contributed by atoms with Gasteiger partial charge < -0.3 is 24.9 Å². The van der Waals surface area contributed by atoms with E-state index in [1.54, 1.807) is 0 Å². The summed E-state index contributed by atoms with van der Waals surface area (Å²) < 4.78 is 11.2. The van der Waals surface area contributed by atoms with Gasteiger partial charge in [0.2, 0.25) is 0 Å². The van der Waals surface area contributed by atoms with Gasteiger partial charge in [-0.05, 0) is 45.3 Å². The summed E-state index contributed by atoms with van der Waals surface area (Å²) in [5.41, 5.74) is -2.18. The van der Waals surface area contributed by atoms with E-state index in [0.717, 1.165) is 32.5 Å². The molecule has 2 atom stereocenters. The minimum Gasteiger partial charge on any atom is -0.481 e. The Hall–Kier alpha value is -0.950. The fraction of sp³-hybridized carbons (Fsp3) is 0.833. The van der Waals surface area contributed by atoms with Crippen molar-refractivity contribution < 1.29 is 34.2 Å². The quantitative estimate of drug-likeness (QED) is 0.357. The summed E-state index contributed by atoms with van der Waals surface area (Å²) in [6.45, 7) is 2.84. The van der Waals surface area contributed by atoms with Crippen LogP contribution in [0.1, 0.15) is 32.1 Å². The van der Waals surface area contributed by atoms with Crippen LogP contribution >= 0.6 is 7.60 Å². The van der Waals surface area contributed by atoms with E-state index < -0.39 is 31.1 Å². The van der Waals surface area contributed by atoms with Crippen LogP contribution in [0, 0.1) is 5.92 Å². The highest BCUT2D eigenvalue weighted by molar-refractivity contribution is 7.53. The molecule has 0 amide bonds. The molecular formula is C12H22NO7P. The van der Waals surface area contributed by atoms with Gasteiger partial charge in [-0.1, -0.05) is 6.42 Å². The molecule has 0 aromatic heterocycles. The summed E-state index contributed by atoms with van der Waals surface area (Å²) in [5.74, 6) is -4.82. The predicted octanol–water partition coefficient (Wildman–Crippen LogP) is 0.584. The van der Waals surface area contributed by atoms with Gasteiger partial charge in [-0.3, -0.25) is 14.2 Å². The van der Waals surface area contributed by atoms with Crippen LogP contribution in [0.5, 0.6) is 0 Å². The second-order valence-corrected chi connectivity index (χ2v) is 7.10. The van der Waals surface area contributed by atoms with Crippen LogP contribution in [0.3, 0.4) is 0 Å². The van der Waals surface area contributed by atoms with Crippen LogP contribution < -0.4 is 0 Å². The molecule has 1 rings (SSSR count). The Morgan fingerprint density at radius 2 is 1.62 bits per heavy atom. The van der Waals surface area contributed by atoms with Gasteiger partial charge in [0.1, 0.15) is 0 Å². The smallest absolute Gasteiger partial charge is 0.340 e. The standard InChI is InChI=1S/C12H22NO7P/c14-11(15)9(10(12(16)17)21(18,19)20)5-1-2-6-13-7-3-4-8-13/h9-10H,1-8H2,(H,14,15)(H,16,17)(H2,18,19,20). The summed E-state index contributed by atoms with van der Waals surface area (Å²) in [5, 5.41) is 17.9. The van der Waals surface area contributed by atoms with Crippen LogP contribution in [-0.4, -0.2) is 62.1 Å². The van der Waals surface area contributed by atoms with Crippen molar-refractivity contribution in [1.82, 2.24) is 4.90 Å². The molecule has 0 aromatic carbocycles. The van der Waals surface area contributed by atoms with Crippen molar-refractivity contribution in [3.8, 4) is 0 Å². The third kappa shape index (κ3) is 5.74. The first-order valence-corrected chi connectivity index (χ1v) is 8.65. The molecule has 0 aromatic rings. The fourth-order valence-electron chi connectivity index (χ4n) is 2.67. The maximum absolute atomic E-state index is 11.2. The average Bonchev–Trinajstić information content (AvgIpc) is 2.83. The highest BCUT2D eigenvalue weighted by Crippen LogP contribution is 2.46. The Balaban J connectivity index is 2.53. The molecule has 2 unspecified atom stereocenters. The molecule has 4 N–H and O–H groups in total. The minimum atomic E-state index is -5.00. The maximum atomic E-state index is 11.2. The zero-order chi connectivity index (χ0) is 16.0. The molecule has 0 saturated carbocycles. The molecule has 122 valence electrons. The second-order valence-electron chi connectivity index (χ2n) is 5.36. The number of likely N-dealkylation sites (tertiary alicyclic amines) is 1. The van der Waals surface area contributed by atoms with Crippen LogP contribution in [0.4, 0.5) is 0 Å². The van der Waals surface area contributed by atoms with Gasteiger partial charge in [-0.15, -0.1) is 0 Å². The van der Waals surface area contributed by atoms with E-state index in [9.17, 15) is 14.2 Å². The van der Waals surface area contributed by atoms with E-state index in [1.807, 2.05) is 0 Å². The SMILES string of the molecule is O=C(O)C(CCCCN1CCCC1)C(C(=O)O)P(=O)(O)O. The lowest BCUT2D eigenvalue weighted by Gasteiger charge is -2.21. The number of aliphatic carboxylic acids is 2. The van der Waals surface area contributed by atoms with Crippen LogP contribution in [0.15, 0.2) is 0 Å². The van der Waals surface area contributed by atoms with Gasteiger partial charge in [0.15, 0.2) is 5.66 Å². The van der Waals surface area contributed by atoms with Crippen molar-refractivity contribution in [3.63, 3.8) is 0 Å². The normalized spacial score (nSPS) is 19.3. The lowest BCUT2D eigenvalue weighted by molar-refractivity contribution is -0.148. The summed E-state index contributed by atoms with van der Waals surface area (Å²) in [6.07, 6.45) is 3.37. The van der Waals surface area contributed by atoms with Crippen LogP contribution in [0.2, 0.25) is 0 Å². The van der Waals surface area contributed by atoms with Crippen molar-refractivity contribution in [1.29, 1.82) is 0 Å². The number of rotatable bonds is 9. The monoisotopic (exact) mass is 323 g/mol. The van der Waals surface area contributed by atoms with E-state index in [1.165, 1.54) is 0 Å². The van der Waals surface area contributed by atoms with Gasteiger partial charge >= 0.3 is 19.5 Å². The van der Waals surface area contributed by atoms with Gasteiger partial charge in [0, 0.05) is 0 Å². The van der Waals surface area contributed by atoms with E-state index in [2.05, 4.69) is 4.90 Å². The average molecular weight is 323 g/mol. The summed E-state index contributed by atoms with van der Waals surface area (Å²) in [4.78, 5) is 42.4. The number of nitrogens with zero attached hydrogens (tertiary/aromatic N) is 1. The molecular weight excluding hydrogens is 301 g/mol. The lowest BCUT2D eigenvalue weighted by atomic mass is 9.98. The number of hydrogen-bond donors (Lipinski definition) is 4. The van der Waals surface area contributed by atoms with Crippen molar-refractivity contribution >= 4 is 19.5 Å². The first-order valence-electron chi connectivity index (χ1n) is 6.96. The first-order chi connectivity index (χ1) is 9.73. The number of hydrogen-bond acceptors (Lipinski definition) is 4. The first kappa shape index (κ1) is 18.1. The van der Waals surface area contributed by atoms with E-state index in [-0.39, 0.29) is 6.42 Å². The van der Waals surface area contributed by atoms with Gasteiger partial charge in [-0.2, -0.15) is 0 Å². The third-order valence-electron chi connectivity index (χ3n) is 3.75. The third-order valence-corrected chi connectivity index (χ3v) is 5.06. The van der Waals surface area contributed by atoms with E-state index in [4.69, 9.17) is 20.0 Å². The number of carbonyl (C=O) groups is 2. The van der Waals surface area contributed by atoms with Crippen molar-refractivity contribution in [2.45, 2.75) is 37.8 Å². The van der Waals surface area contributed by atoms with Gasteiger partial charge in [0.25, 0.3) is 0 Å². The Morgan fingerprint density at radius 1 is 1.05 bits per heavy atom. The Labute approximate surface area is 122 Å². The highest BCUT2D eigenvalue weighted by atomic mass is 31.2. The minimum absolute atomic E-state index is 0.0503. The zero-order valence-electron chi connectivity index (χ0n) is 11.7. The van der Waals surface area contributed by atoms with E-state index in [0.29, 0.717) is 12.8 Å². The fourth-order valence-corrected chi connectivity index (χ4v) is 3.71. The molecule has 1 heterocycles. The molecule has 21 heavy (non-hydrogen) atoms. The number of carboxylic acid groups (broad SMARTS) is 2. The zero-order valence-corrected chi connectivity index (χ0v) is 12.6. The molecule has 8 nitrogen and oxygen atoms in total. The summed E-state index contributed by atoms with van der Waals surface area (Å²) >= 11 is 0. The van der Waals surface area contributed by atoms with E-state index >= 15 is 0 Å². The molecule has 1 aliphatic heterocycles. The second kappa shape index (κ2) is 7.89. The lowest BCUT2D eigenvalue weighted by Crippen LogP contribution is -2.35. The summed E-state index contributed by atoms with van der Waals surface area (Å²) in [7, 11) is -5.00. The molecule has 1 aliphatic rings. The molecule has 9 heteroatoms. The van der Waals surface area contributed by atoms with Gasteiger partial charge in [-0.25, -0.2) is 0 Å². The predicted molar refractivity (Wildman–Crippen MR) is 74.1 cm³/mol. The van der Waals surface area contributed by atoms with Crippen molar-refractivity contribution in [2.75, 3.05) is 19.6 Å². The Morgan fingerprint density at radius 3 is 2.05 bits per heavy atom. The van der Waals surface area contributed by atoms with Crippen molar-refractivity contribution in [3.05, 3.63) is 0 Å². The highest BCUT2D eigenvalue weighted by Gasteiger charge is 2.45. The Kier molecular flexibility index (Phi) is 6.80. The topological polar surface area (TPSA) is 135 Å². The maximum Gasteiger partial charge on any atom is 0.340 e. The van der Waals surface area contributed by atoms with Crippen molar-refractivity contribution in [2.24, 2.45) is 5.92 Å². The molecule has 0 aliphatic carbocycles. The van der Waals surface area contributed by atoms with Crippen LogP contribution in [-0.2, 0) is 14.2 Å². The summed E-state index contributed by atoms with van der Waals surface area (Å²) in [6, 6.07) is 0. The Bertz CT molecular complexity index is 416. The molecule has 1 fully saturated rings. The number of unbranched alkanes of at least 4 members (excludes halogenated alkanes) is 1.